The highest BCUT2D eigenvalue weighted by atomic mass is 16.3. The van der Waals surface area contributed by atoms with Crippen molar-refractivity contribution in [3.8, 4) is 0 Å². The normalized spacial score (nSPS) is 21.9. The maximum absolute atomic E-state index is 11.9. The first-order chi connectivity index (χ1) is 11.0. The van der Waals surface area contributed by atoms with Gasteiger partial charge in [0, 0.05) is 0 Å². The average Bonchev–Trinajstić information content (AvgIpc) is 3.18. The summed E-state index contributed by atoms with van der Waals surface area (Å²) in [6.45, 7) is 9.09. The SMILES string of the molecule is CC.CCC.NC(=O)C(O)C(CC1CC1)NC(=O)C1CCCN1. The first kappa shape index (κ1) is 21.9. The van der Waals surface area contributed by atoms with Crippen LogP contribution in [0.3, 0.4) is 0 Å². The van der Waals surface area contributed by atoms with Crippen molar-refractivity contribution in [1.82, 2.24) is 10.6 Å². The lowest BCUT2D eigenvalue weighted by atomic mass is 10.0. The van der Waals surface area contributed by atoms with Crippen LogP contribution in [0.1, 0.15) is 66.2 Å². The Labute approximate surface area is 140 Å². The molecule has 6 heteroatoms. The van der Waals surface area contributed by atoms with E-state index in [1.165, 1.54) is 6.42 Å². The lowest BCUT2D eigenvalue weighted by molar-refractivity contribution is -0.130. The van der Waals surface area contributed by atoms with E-state index in [1.54, 1.807) is 0 Å². The van der Waals surface area contributed by atoms with Gasteiger partial charge in [0.1, 0.15) is 0 Å². The summed E-state index contributed by atoms with van der Waals surface area (Å²) in [6.07, 6.45) is 4.55. The molecule has 0 spiro atoms. The Bertz CT molecular complexity index is 340. The van der Waals surface area contributed by atoms with E-state index in [0.717, 1.165) is 32.2 Å². The van der Waals surface area contributed by atoms with Crippen LogP contribution in [0.15, 0.2) is 0 Å². The fraction of sp³-hybridized carbons (Fsp3) is 0.882. The van der Waals surface area contributed by atoms with E-state index >= 15 is 0 Å². The van der Waals surface area contributed by atoms with Gasteiger partial charge in [0.15, 0.2) is 6.10 Å². The van der Waals surface area contributed by atoms with Crippen molar-refractivity contribution in [1.29, 1.82) is 0 Å². The van der Waals surface area contributed by atoms with Crippen molar-refractivity contribution < 1.29 is 14.7 Å². The second kappa shape index (κ2) is 12.3. The van der Waals surface area contributed by atoms with Crippen molar-refractivity contribution in [2.45, 2.75) is 84.4 Å². The van der Waals surface area contributed by atoms with E-state index in [9.17, 15) is 14.7 Å². The molecule has 1 saturated carbocycles. The average molecular weight is 329 g/mol. The molecule has 3 unspecified atom stereocenters. The van der Waals surface area contributed by atoms with E-state index in [0.29, 0.717) is 12.3 Å². The summed E-state index contributed by atoms with van der Waals surface area (Å²) < 4.78 is 0. The molecule has 0 aromatic heterocycles. The first-order valence-electron chi connectivity index (χ1n) is 9.00. The minimum absolute atomic E-state index is 0.140. The molecule has 2 rings (SSSR count). The van der Waals surface area contributed by atoms with Gasteiger partial charge < -0.3 is 21.5 Å². The van der Waals surface area contributed by atoms with Crippen LogP contribution in [-0.2, 0) is 9.59 Å². The standard InChI is InChI=1S/C12H21N3O3.C3H8.C2H6/c13-11(17)10(16)9(6-7-3-4-7)15-12(18)8-2-1-5-14-8;1-3-2;1-2/h7-10,14,16H,1-6H2,(H2,13,17)(H,15,18);3H2,1-2H3;1-2H3. The van der Waals surface area contributed by atoms with E-state index in [1.807, 2.05) is 13.8 Å². The summed E-state index contributed by atoms with van der Waals surface area (Å²) in [5.74, 6) is -0.417. The highest BCUT2D eigenvalue weighted by molar-refractivity contribution is 5.84. The third-order valence-corrected chi connectivity index (χ3v) is 3.66. The van der Waals surface area contributed by atoms with Gasteiger partial charge in [-0.1, -0.05) is 47.0 Å². The Morgan fingerprint density at radius 3 is 2.22 bits per heavy atom. The zero-order chi connectivity index (χ0) is 17.8. The third-order valence-electron chi connectivity index (χ3n) is 3.66. The lowest BCUT2D eigenvalue weighted by Gasteiger charge is -2.23. The second-order valence-corrected chi connectivity index (χ2v) is 6.00. The van der Waals surface area contributed by atoms with E-state index < -0.39 is 18.1 Å². The Kier molecular flexibility index (Phi) is 11.7. The maximum Gasteiger partial charge on any atom is 0.248 e. The highest BCUT2D eigenvalue weighted by Gasteiger charge is 2.34. The molecule has 1 aliphatic heterocycles. The van der Waals surface area contributed by atoms with E-state index in [4.69, 9.17) is 5.73 Å². The fourth-order valence-corrected chi connectivity index (χ4v) is 2.37. The van der Waals surface area contributed by atoms with Crippen LogP contribution in [0.4, 0.5) is 0 Å². The number of carbonyl (C=O) groups is 2. The lowest BCUT2D eigenvalue weighted by Crippen LogP contribution is -2.53. The summed E-state index contributed by atoms with van der Waals surface area (Å²) in [7, 11) is 0. The van der Waals surface area contributed by atoms with Crippen molar-refractivity contribution >= 4 is 11.8 Å². The number of amides is 2. The highest BCUT2D eigenvalue weighted by Crippen LogP contribution is 2.34. The van der Waals surface area contributed by atoms with Crippen LogP contribution < -0.4 is 16.4 Å². The van der Waals surface area contributed by atoms with Gasteiger partial charge >= 0.3 is 0 Å². The monoisotopic (exact) mass is 329 g/mol. The molecule has 1 saturated heterocycles. The fourth-order valence-electron chi connectivity index (χ4n) is 2.37. The molecule has 23 heavy (non-hydrogen) atoms. The second-order valence-electron chi connectivity index (χ2n) is 6.00. The van der Waals surface area contributed by atoms with Gasteiger partial charge in [0.25, 0.3) is 0 Å². The van der Waals surface area contributed by atoms with Crippen molar-refractivity contribution in [2.24, 2.45) is 11.7 Å². The van der Waals surface area contributed by atoms with Crippen LogP contribution >= 0.6 is 0 Å². The molecule has 6 nitrogen and oxygen atoms in total. The number of nitrogens with two attached hydrogens (primary N) is 1. The van der Waals surface area contributed by atoms with Crippen LogP contribution in [0.2, 0.25) is 0 Å². The molecule has 3 atom stereocenters. The minimum Gasteiger partial charge on any atom is -0.381 e. The Morgan fingerprint density at radius 1 is 1.26 bits per heavy atom. The summed E-state index contributed by atoms with van der Waals surface area (Å²) in [4.78, 5) is 23.0. The summed E-state index contributed by atoms with van der Waals surface area (Å²) >= 11 is 0. The molecule has 0 aromatic carbocycles. The van der Waals surface area contributed by atoms with Crippen molar-refractivity contribution in [3.05, 3.63) is 0 Å². The predicted molar refractivity (Wildman–Crippen MR) is 92.8 cm³/mol. The molecule has 2 amide bonds. The van der Waals surface area contributed by atoms with E-state index in [-0.39, 0.29) is 11.9 Å². The molecule has 1 heterocycles. The number of rotatable bonds is 6. The predicted octanol–water partition coefficient (Wildman–Crippen LogP) is 1.31. The smallest absolute Gasteiger partial charge is 0.248 e. The zero-order valence-corrected chi connectivity index (χ0v) is 15.1. The molecule has 5 N–H and O–H groups in total. The largest absolute Gasteiger partial charge is 0.381 e. The van der Waals surface area contributed by atoms with Crippen molar-refractivity contribution in [3.63, 3.8) is 0 Å². The number of carbonyl (C=O) groups excluding carboxylic acids is 2. The quantitative estimate of drug-likeness (QED) is 0.590. The Balaban J connectivity index is 0.000000868. The van der Waals surface area contributed by atoms with Gasteiger partial charge in [-0.2, -0.15) is 0 Å². The number of aliphatic hydroxyl groups is 1. The molecule has 0 bridgehead atoms. The first-order valence-corrected chi connectivity index (χ1v) is 9.00. The molecule has 2 fully saturated rings. The molecule has 0 aromatic rings. The van der Waals surface area contributed by atoms with Crippen molar-refractivity contribution in [2.75, 3.05) is 6.54 Å². The minimum atomic E-state index is -1.30. The number of primary amides is 1. The molecular formula is C17H35N3O3. The number of nitrogens with one attached hydrogen (secondary N) is 2. The summed E-state index contributed by atoms with van der Waals surface area (Å²) in [6, 6.07) is -0.753. The number of hydrogen-bond acceptors (Lipinski definition) is 4. The molecule has 2 aliphatic rings. The van der Waals surface area contributed by atoms with Gasteiger partial charge in [-0.15, -0.1) is 0 Å². The molecule has 1 aliphatic carbocycles. The maximum atomic E-state index is 11.9. The molecule has 0 radical (unpaired) electrons. The van der Waals surface area contributed by atoms with Crippen LogP contribution in [0, 0.1) is 5.92 Å². The van der Waals surface area contributed by atoms with Gasteiger partial charge in [0.2, 0.25) is 11.8 Å². The Hall–Kier alpha value is -1.14. The van der Waals surface area contributed by atoms with Gasteiger partial charge in [0.05, 0.1) is 12.1 Å². The summed E-state index contributed by atoms with van der Waals surface area (Å²) in [5.41, 5.74) is 5.11. The zero-order valence-electron chi connectivity index (χ0n) is 15.1. The van der Waals surface area contributed by atoms with E-state index in [2.05, 4.69) is 24.5 Å². The number of hydrogen-bond donors (Lipinski definition) is 4. The Morgan fingerprint density at radius 2 is 1.83 bits per heavy atom. The van der Waals surface area contributed by atoms with Gasteiger partial charge in [-0.25, -0.2) is 0 Å². The number of aliphatic hydroxyl groups excluding tert-OH is 1. The third kappa shape index (κ3) is 8.91. The van der Waals surface area contributed by atoms with Crippen LogP contribution in [0.5, 0.6) is 0 Å². The van der Waals surface area contributed by atoms with Crippen LogP contribution in [0.25, 0.3) is 0 Å². The topological polar surface area (TPSA) is 104 Å². The molecule has 136 valence electrons. The van der Waals surface area contributed by atoms with Gasteiger partial charge in [-0.3, -0.25) is 9.59 Å². The van der Waals surface area contributed by atoms with Gasteiger partial charge in [-0.05, 0) is 31.7 Å². The van der Waals surface area contributed by atoms with Crippen LogP contribution in [-0.4, -0.2) is 41.7 Å². The molecular weight excluding hydrogens is 294 g/mol. The summed E-state index contributed by atoms with van der Waals surface area (Å²) in [5, 5.41) is 15.6.